The van der Waals surface area contributed by atoms with E-state index in [0.717, 1.165) is 17.9 Å². The van der Waals surface area contributed by atoms with Gasteiger partial charge in [0.05, 0.1) is 0 Å². The Morgan fingerprint density at radius 3 is 2.92 bits per heavy atom. The summed E-state index contributed by atoms with van der Waals surface area (Å²) in [6, 6.07) is 5.92. The zero-order valence-corrected chi connectivity index (χ0v) is 13.9. The summed E-state index contributed by atoms with van der Waals surface area (Å²) >= 11 is 0. The molecule has 1 aromatic carbocycles. The number of rotatable bonds is 2. The molecule has 2 heterocycles. The maximum atomic E-state index is 13.4. The standard InChI is InChI=1S/C19H20FN3O/c1-11(2)18-21-8-15-16-10-23(9-13(16)7-17(15)22-18)19(24)12-4-3-5-14(20)6-12/h3-6,8,11,13,16H,7,9-10H2,1-2H3/t13-,16-/m0/s1. The lowest BCUT2D eigenvalue weighted by atomic mass is 9.97. The number of fused-ring (bicyclic) bond motifs is 3. The topological polar surface area (TPSA) is 46.1 Å². The van der Waals surface area contributed by atoms with E-state index in [1.54, 1.807) is 12.1 Å². The molecule has 2 atom stereocenters. The molecule has 24 heavy (non-hydrogen) atoms. The van der Waals surface area contributed by atoms with Gasteiger partial charge in [-0.05, 0) is 36.1 Å². The van der Waals surface area contributed by atoms with E-state index in [9.17, 15) is 9.18 Å². The van der Waals surface area contributed by atoms with Gasteiger partial charge in [0.2, 0.25) is 0 Å². The average Bonchev–Trinajstić information content (AvgIpc) is 3.11. The predicted octanol–water partition coefficient (Wildman–Crippen LogP) is 3.15. The van der Waals surface area contributed by atoms with E-state index in [1.165, 1.54) is 17.7 Å². The SMILES string of the molecule is CC(C)c1ncc2c(n1)C[C@H]1CN(C(=O)c3cccc(F)c3)C[C@H]21. The fourth-order valence-electron chi connectivity index (χ4n) is 3.84. The molecule has 2 aromatic rings. The first-order valence-electron chi connectivity index (χ1n) is 8.43. The second kappa shape index (κ2) is 5.65. The molecule has 124 valence electrons. The van der Waals surface area contributed by atoms with Gasteiger partial charge in [-0.3, -0.25) is 4.79 Å². The Hall–Kier alpha value is -2.30. The molecule has 1 fully saturated rings. The average molecular weight is 325 g/mol. The zero-order valence-electron chi connectivity index (χ0n) is 13.9. The molecule has 0 radical (unpaired) electrons. The number of benzene rings is 1. The number of nitrogens with zero attached hydrogens (tertiary/aromatic N) is 3. The second-order valence-electron chi connectivity index (χ2n) is 7.08. The molecule has 0 bridgehead atoms. The van der Waals surface area contributed by atoms with Crippen LogP contribution in [0.5, 0.6) is 0 Å². The predicted molar refractivity (Wildman–Crippen MR) is 88.4 cm³/mol. The van der Waals surface area contributed by atoms with Crippen LogP contribution >= 0.6 is 0 Å². The minimum atomic E-state index is -0.375. The fraction of sp³-hybridized carbons (Fsp3) is 0.421. The van der Waals surface area contributed by atoms with Gasteiger partial charge in [0, 0.05) is 42.4 Å². The summed E-state index contributed by atoms with van der Waals surface area (Å²) in [6.45, 7) is 5.55. The minimum absolute atomic E-state index is 0.0924. The third kappa shape index (κ3) is 2.48. The van der Waals surface area contributed by atoms with E-state index in [0.29, 0.717) is 36.4 Å². The molecule has 0 N–H and O–H groups in total. The van der Waals surface area contributed by atoms with Gasteiger partial charge in [-0.25, -0.2) is 14.4 Å². The van der Waals surface area contributed by atoms with Crippen molar-refractivity contribution < 1.29 is 9.18 Å². The van der Waals surface area contributed by atoms with Gasteiger partial charge in [0.1, 0.15) is 11.6 Å². The number of hydrogen-bond donors (Lipinski definition) is 0. The maximum absolute atomic E-state index is 13.4. The Bertz CT molecular complexity index is 805. The highest BCUT2D eigenvalue weighted by atomic mass is 19.1. The number of aromatic nitrogens is 2. The molecule has 4 rings (SSSR count). The third-order valence-corrected chi connectivity index (χ3v) is 5.09. The van der Waals surface area contributed by atoms with Gasteiger partial charge in [-0.2, -0.15) is 0 Å². The normalized spacial score (nSPS) is 21.9. The first-order chi connectivity index (χ1) is 11.5. The molecule has 4 nitrogen and oxygen atoms in total. The molecular formula is C19H20FN3O. The highest BCUT2D eigenvalue weighted by Gasteiger charge is 2.42. The number of carbonyl (C=O) groups excluding carboxylic acids is 1. The van der Waals surface area contributed by atoms with Gasteiger partial charge < -0.3 is 4.90 Å². The van der Waals surface area contributed by atoms with E-state index in [4.69, 9.17) is 4.98 Å². The molecule has 1 amide bonds. The molecule has 0 unspecified atom stereocenters. The third-order valence-electron chi connectivity index (χ3n) is 5.09. The summed E-state index contributed by atoms with van der Waals surface area (Å²) in [5, 5.41) is 0. The van der Waals surface area contributed by atoms with Crippen molar-refractivity contribution in [1.29, 1.82) is 0 Å². The lowest BCUT2D eigenvalue weighted by Crippen LogP contribution is -2.29. The largest absolute Gasteiger partial charge is 0.338 e. The molecule has 1 aliphatic heterocycles. The van der Waals surface area contributed by atoms with Crippen LogP contribution in [0.25, 0.3) is 0 Å². The number of amides is 1. The summed E-state index contributed by atoms with van der Waals surface area (Å²) in [5.74, 6) is 1.45. The van der Waals surface area contributed by atoms with Crippen molar-refractivity contribution in [2.75, 3.05) is 13.1 Å². The Balaban J connectivity index is 1.55. The molecule has 1 saturated heterocycles. The highest BCUT2D eigenvalue weighted by molar-refractivity contribution is 5.94. The van der Waals surface area contributed by atoms with Crippen LogP contribution < -0.4 is 0 Å². The number of carbonyl (C=O) groups is 1. The molecule has 0 spiro atoms. The van der Waals surface area contributed by atoms with Crippen molar-refractivity contribution in [2.45, 2.75) is 32.1 Å². The molecule has 2 aliphatic rings. The molecule has 0 saturated carbocycles. The van der Waals surface area contributed by atoms with Crippen LogP contribution in [0.1, 0.15) is 53.1 Å². The minimum Gasteiger partial charge on any atom is -0.338 e. The van der Waals surface area contributed by atoms with Gasteiger partial charge in [0.25, 0.3) is 5.91 Å². The number of likely N-dealkylation sites (tertiary alicyclic amines) is 1. The molecule has 5 heteroatoms. The van der Waals surface area contributed by atoms with Crippen molar-refractivity contribution in [2.24, 2.45) is 5.92 Å². The van der Waals surface area contributed by atoms with Crippen LogP contribution in [0.4, 0.5) is 4.39 Å². The quantitative estimate of drug-likeness (QED) is 0.852. The van der Waals surface area contributed by atoms with Crippen molar-refractivity contribution in [1.82, 2.24) is 14.9 Å². The Morgan fingerprint density at radius 1 is 1.33 bits per heavy atom. The van der Waals surface area contributed by atoms with E-state index < -0.39 is 0 Å². The Kier molecular flexibility index (Phi) is 3.59. The molecule has 1 aromatic heterocycles. The first kappa shape index (κ1) is 15.2. The van der Waals surface area contributed by atoms with E-state index in [-0.39, 0.29) is 11.7 Å². The number of halogens is 1. The van der Waals surface area contributed by atoms with Crippen LogP contribution in [-0.2, 0) is 6.42 Å². The van der Waals surface area contributed by atoms with Gasteiger partial charge >= 0.3 is 0 Å². The zero-order chi connectivity index (χ0) is 16.8. The van der Waals surface area contributed by atoms with E-state index in [2.05, 4.69) is 18.8 Å². The van der Waals surface area contributed by atoms with Gasteiger partial charge in [-0.15, -0.1) is 0 Å². The lowest BCUT2D eigenvalue weighted by molar-refractivity contribution is 0.0784. The summed E-state index contributed by atoms with van der Waals surface area (Å²) in [5.41, 5.74) is 2.74. The fourth-order valence-corrected chi connectivity index (χ4v) is 3.84. The maximum Gasteiger partial charge on any atom is 0.253 e. The summed E-state index contributed by atoms with van der Waals surface area (Å²) in [6.07, 6.45) is 2.84. The van der Waals surface area contributed by atoms with Crippen molar-refractivity contribution in [3.05, 3.63) is 58.9 Å². The summed E-state index contributed by atoms with van der Waals surface area (Å²) in [4.78, 5) is 23.6. The molecule has 1 aliphatic carbocycles. The molecular weight excluding hydrogens is 305 g/mol. The van der Waals surface area contributed by atoms with Gasteiger partial charge in [0.15, 0.2) is 0 Å². The summed E-state index contributed by atoms with van der Waals surface area (Å²) in [7, 11) is 0. The monoisotopic (exact) mass is 325 g/mol. The first-order valence-corrected chi connectivity index (χ1v) is 8.43. The smallest absolute Gasteiger partial charge is 0.253 e. The number of hydrogen-bond acceptors (Lipinski definition) is 3. The van der Waals surface area contributed by atoms with Crippen molar-refractivity contribution in [3.8, 4) is 0 Å². The van der Waals surface area contributed by atoms with Gasteiger partial charge in [-0.1, -0.05) is 19.9 Å². The van der Waals surface area contributed by atoms with Crippen LogP contribution in [0.2, 0.25) is 0 Å². The van der Waals surface area contributed by atoms with E-state index in [1.807, 2.05) is 11.1 Å². The van der Waals surface area contributed by atoms with Crippen LogP contribution in [0, 0.1) is 11.7 Å². The second-order valence-corrected chi connectivity index (χ2v) is 7.08. The Labute approximate surface area is 140 Å². The van der Waals surface area contributed by atoms with Crippen molar-refractivity contribution >= 4 is 5.91 Å². The lowest BCUT2D eigenvalue weighted by Gasteiger charge is -2.18. The van der Waals surface area contributed by atoms with Crippen molar-refractivity contribution in [3.63, 3.8) is 0 Å². The summed E-state index contributed by atoms with van der Waals surface area (Å²) < 4.78 is 13.4. The van der Waals surface area contributed by atoms with Crippen LogP contribution in [0.3, 0.4) is 0 Å². The highest BCUT2D eigenvalue weighted by Crippen LogP contribution is 2.42. The van der Waals surface area contributed by atoms with Crippen LogP contribution in [0.15, 0.2) is 30.5 Å². The van der Waals surface area contributed by atoms with E-state index >= 15 is 0 Å². The van der Waals surface area contributed by atoms with Crippen LogP contribution in [-0.4, -0.2) is 33.9 Å². The Morgan fingerprint density at radius 2 is 2.17 bits per heavy atom.